The summed E-state index contributed by atoms with van der Waals surface area (Å²) in [4.78, 5) is 29.6. The summed E-state index contributed by atoms with van der Waals surface area (Å²) in [5, 5.41) is 11.2. The van der Waals surface area contributed by atoms with Crippen molar-refractivity contribution in [3.05, 3.63) is 40.9 Å². The van der Waals surface area contributed by atoms with Crippen LogP contribution in [0.15, 0.2) is 24.4 Å². The third-order valence-electron chi connectivity index (χ3n) is 6.67. The number of nitrogens with one attached hydrogen (secondary N) is 2. The fraction of sp³-hybridized carbons (Fsp3) is 0.500. The molecule has 1 aliphatic rings. The van der Waals surface area contributed by atoms with Crippen molar-refractivity contribution in [1.82, 2.24) is 20.1 Å². The van der Waals surface area contributed by atoms with Crippen molar-refractivity contribution in [1.29, 1.82) is 0 Å². The molecule has 0 saturated heterocycles. The summed E-state index contributed by atoms with van der Waals surface area (Å²) >= 11 is 6.47. The summed E-state index contributed by atoms with van der Waals surface area (Å²) < 4.78 is 22.1. The highest BCUT2D eigenvalue weighted by Crippen LogP contribution is 2.35. The number of rotatable bonds is 5. The molecule has 2 heterocycles. The predicted molar refractivity (Wildman–Crippen MR) is 147 cm³/mol. The molecular formula is C28H35ClFN5O3. The first-order valence-electron chi connectivity index (χ1n) is 12.9. The SMILES string of the molecule is CC(C)c1c2cc(-c3cc(NC(=O)[C@H]4CCC[C@@H](NC(=O)OC(C)(C)C)C4)ncc3Cl)cc(F)c2nn1C. The highest BCUT2D eigenvalue weighted by molar-refractivity contribution is 6.33. The number of ether oxygens (including phenoxy) is 1. The maximum atomic E-state index is 15.0. The Morgan fingerprint density at radius 2 is 1.95 bits per heavy atom. The predicted octanol–water partition coefficient (Wildman–Crippen LogP) is 6.57. The second-order valence-corrected chi connectivity index (χ2v) is 11.7. The van der Waals surface area contributed by atoms with E-state index in [9.17, 15) is 9.59 Å². The lowest BCUT2D eigenvalue weighted by Gasteiger charge is -2.30. The smallest absolute Gasteiger partial charge is 0.407 e. The largest absolute Gasteiger partial charge is 0.444 e. The summed E-state index contributed by atoms with van der Waals surface area (Å²) in [5.74, 6) is -0.442. The first-order chi connectivity index (χ1) is 17.8. The van der Waals surface area contributed by atoms with Crippen molar-refractivity contribution >= 4 is 40.3 Å². The Labute approximate surface area is 227 Å². The second-order valence-electron chi connectivity index (χ2n) is 11.3. The quantitative estimate of drug-likeness (QED) is 0.379. The molecule has 1 aromatic carbocycles. The lowest BCUT2D eigenvalue weighted by Crippen LogP contribution is -2.43. The number of benzene rings is 1. The number of alkyl carbamates (subject to hydrolysis) is 1. The van der Waals surface area contributed by atoms with E-state index in [1.165, 1.54) is 12.3 Å². The van der Waals surface area contributed by atoms with Crippen LogP contribution in [0.5, 0.6) is 0 Å². The van der Waals surface area contributed by atoms with Crippen molar-refractivity contribution in [2.45, 2.75) is 77.9 Å². The van der Waals surface area contributed by atoms with Crippen LogP contribution < -0.4 is 10.6 Å². The monoisotopic (exact) mass is 543 g/mol. The molecular weight excluding hydrogens is 509 g/mol. The van der Waals surface area contributed by atoms with E-state index in [4.69, 9.17) is 16.3 Å². The summed E-state index contributed by atoms with van der Waals surface area (Å²) in [6.07, 6.45) is 3.78. The number of fused-ring (bicyclic) bond motifs is 1. The van der Waals surface area contributed by atoms with E-state index in [0.29, 0.717) is 40.3 Å². The number of hydrogen-bond donors (Lipinski definition) is 2. The van der Waals surface area contributed by atoms with Gasteiger partial charge in [0.25, 0.3) is 0 Å². The zero-order valence-corrected chi connectivity index (χ0v) is 23.4. The average molecular weight is 544 g/mol. The van der Waals surface area contributed by atoms with Crippen molar-refractivity contribution in [2.75, 3.05) is 5.32 Å². The van der Waals surface area contributed by atoms with Gasteiger partial charge in [-0.1, -0.05) is 31.9 Å². The van der Waals surface area contributed by atoms with E-state index in [1.807, 2.05) is 40.7 Å². The number of pyridine rings is 1. The Bertz CT molecular complexity index is 1360. The maximum Gasteiger partial charge on any atom is 0.407 e. The van der Waals surface area contributed by atoms with E-state index in [0.717, 1.165) is 23.9 Å². The molecule has 0 aliphatic heterocycles. The lowest BCUT2D eigenvalue weighted by molar-refractivity contribution is -0.121. The number of aryl methyl sites for hydroxylation is 1. The van der Waals surface area contributed by atoms with Gasteiger partial charge in [0.05, 0.1) is 5.02 Å². The van der Waals surface area contributed by atoms with Gasteiger partial charge in [0.15, 0.2) is 5.82 Å². The molecule has 0 unspecified atom stereocenters. The number of carbonyl (C=O) groups excluding carboxylic acids is 2. The number of amides is 2. The Kier molecular flexibility index (Phi) is 7.97. The van der Waals surface area contributed by atoms with Crippen LogP contribution in [0.25, 0.3) is 22.0 Å². The molecule has 0 bridgehead atoms. The summed E-state index contributed by atoms with van der Waals surface area (Å²) in [5.41, 5.74) is 1.78. The molecule has 38 heavy (non-hydrogen) atoms. The van der Waals surface area contributed by atoms with Crippen molar-refractivity contribution in [3.63, 3.8) is 0 Å². The van der Waals surface area contributed by atoms with Crippen LogP contribution in [0, 0.1) is 11.7 Å². The Balaban J connectivity index is 1.52. The summed E-state index contributed by atoms with van der Waals surface area (Å²) in [6.45, 7) is 9.50. The molecule has 4 rings (SSSR count). The molecule has 8 nitrogen and oxygen atoms in total. The molecule has 204 valence electrons. The summed E-state index contributed by atoms with van der Waals surface area (Å²) in [6, 6.07) is 4.79. The van der Waals surface area contributed by atoms with E-state index >= 15 is 4.39 Å². The van der Waals surface area contributed by atoms with Gasteiger partial charge in [-0.2, -0.15) is 5.10 Å². The van der Waals surface area contributed by atoms with Crippen molar-refractivity contribution < 1.29 is 18.7 Å². The van der Waals surface area contributed by atoms with Gasteiger partial charge in [0.2, 0.25) is 5.91 Å². The minimum atomic E-state index is -0.589. The molecule has 0 radical (unpaired) electrons. The van der Waals surface area contributed by atoms with Crippen LogP contribution in [0.4, 0.5) is 15.0 Å². The van der Waals surface area contributed by atoms with Crippen molar-refractivity contribution in [3.8, 4) is 11.1 Å². The standard InChI is InChI=1S/C28H35ClFN5O3/c1-15(2)25-20-11-17(12-22(30)24(20)34-35(25)6)19-13-23(31-14-21(19)29)33-26(36)16-8-7-9-18(10-16)32-27(37)38-28(3,4)5/h11-16,18H,7-10H2,1-6H3,(H,32,37)(H,31,33,36)/t16-,18+/m0/s1. The van der Waals surface area contributed by atoms with E-state index in [-0.39, 0.29) is 23.8 Å². The van der Waals surface area contributed by atoms with Gasteiger partial charge in [-0.25, -0.2) is 14.2 Å². The Hall–Kier alpha value is -3.20. The third kappa shape index (κ3) is 6.26. The van der Waals surface area contributed by atoms with Gasteiger partial charge in [0, 0.05) is 41.8 Å². The molecule has 3 aromatic rings. The van der Waals surface area contributed by atoms with Crippen molar-refractivity contribution in [2.24, 2.45) is 13.0 Å². The molecule has 2 N–H and O–H groups in total. The number of aromatic nitrogens is 3. The molecule has 2 aromatic heterocycles. The lowest BCUT2D eigenvalue weighted by atomic mass is 9.85. The van der Waals surface area contributed by atoms with Crippen LogP contribution in [0.2, 0.25) is 5.02 Å². The molecule has 10 heteroatoms. The van der Waals surface area contributed by atoms with Crippen LogP contribution in [-0.4, -0.2) is 38.4 Å². The number of hydrogen-bond acceptors (Lipinski definition) is 5. The molecule has 1 fully saturated rings. The number of carbonyl (C=O) groups is 2. The molecule has 2 atom stereocenters. The van der Waals surface area contributed by atoms with Gasteiger partial charge >= 0.3 is 6.09 Å². The first-order valence-corrected chi connectivity index (χ1v) is 13.3. The molecule has 2 amide bonds. The van der Waals surface area contributed by atoms with Gasteiger partial charge in [-0.05, 0) is 69.7 Å². The van der Waals surface area contributed by atoms with E-state index in [2.05, 4.69) is 20.7 Å². The highest BCUT2D eigenvalue weighted by atomic mass is 35.5. The number of halogens is 2. The fourth-order valence-corrected chi connectivity index (χ4v) is 5.32. The topological polar surface area (TPSA) is 98.1 Å². The first kappa shape index (κ1) is 27.8. The van der Waals surface area contributed by atoms with Gasteiger partial charge in [-0.3, -0.25) is 9.48 Å². The van der Waals surface area contributed by atoms with Crippen LogP contribution in [-0.2, 0) is 16.6 Å². The van der Waals surface area contributed by atoms with Gasteiger partial charge in [0.1, 0.15) is 16.9 Å². The molecule has 1 saturated carbocycles. The van der Waals surface area contributed by atoms with Crippen LogP contribution in [0.3, 0.4) is 0 Å². The minimum absolute atomic E-state index is 0.145. The van der Waals surface area contributed by atoms with E-state index in [1.54, 1.807) is 17.8 Å². The van der Waals surface area contributed by atoms with Crippen LogP contribution in [0.1, 0.15) is 71.9 Å². The van der Waals surface area contributed by atoms with Gasteiger partial charge in [-0.15, -0.1) is 0 Å². The zero-order valence-electron chi connectivity index (χ0n) is 22.7. The minimum Gasteiger partial charge on any atom is -0.444 e. The number of nitrogens with zero attached hydrogens (tertiary/aromatic N) is 3. The third-order valence-corrected chi connectivity index (χ3v) is 6.97. The van der Waals surface area contributed by atoms with E-state index < -0.39 is 17.5 Å². The molecule has 1 aliphatic carbocycles. The Morgan fingerprint density at radius 3 is 2.63 bits per heavy atom. The Morgan fingerprint density at radius 1 is 1.21 bits per heavy atom. The molecule has 0 spiro atoms. The average Bonchev–Trinajstić information content (AvgIpc) is 3.15. The normalized spacial score (nSPS) is 18.0. The fourth-order valence-electron chi connectivity index (χ4n) is 5.10. The zero-order chi connectivity index (χ0) is 27.8. The highest BCUT2D eigenvalue weighted by Gasteiger charge is 2.30. The summed E-state index contributed by atoms with van der Waals surface area (Å²) in [7, 11) is 1.81. The maximum absolute atomic E-state index is 15.0. The number of anilines is 1. The van der Waals surface area contributed by atoms with Gasteiger partial charge < -0.3 is 15.4 Å². The van der Waals surface area contributed by atoms with Crippen LogP contribution >= 0.6 is 11.6 Å². The second kappa shape index (κ2) is 10.9.